The molecule has 0 spiro atoms. The van der Waals surface area contributed by atoms with Crippen molar-refractivity contribution in [3.8, 4) is 0 Å². The Hall–Kier alpha value is -1.72. The third-order valence-corrected chi connectivity index (χ3v) is 1.38. The molecule has 0 N–H and O–H groups in total. The van der Waals surface area contributed by atoms with Gasteiger partial charge < -0.3 is 4.74 Å². The van der Waals surface area contributed by atoms with Crippen molar-refractivity contribution >= 4 is 18.5 Å². The summed E-state index contributed by atoms with van der Waals surface area (Å²) in [5.41, 5.74) is 0.330. The summed E-state index contributed by atoms with van der Waals surface area (Å²) in [6.07, 6.45) is 1.90. The van der Waals surface area contributed by atoms with E-state index in [1.54, 1.807) is 7.05 Å². The van der Waals surface area contributed by atoms with Gasteiger partial charge in [-0.2, -0.15) is 4.99 Å². The Morgan fingerprint density at radius 1 is 1.69 bits per heavy atom. The summed E-state index contributed by atoms with van der Waals surface area (Å²) in [4.78, 5) is 14.3. The molecule has 0 fully saturated rings. The highest BCUT2D eigenvalue weighted by molar-refractivity contribution is 5.79. The van der Waals surface area contributed by atoms with Crippen LogP contribution < -0.4 is 0 Å². The SMILES string of the molecule is CCOC=Nc1nnn(C)c1C=O. The molecule has 0 aliphatic carbocycles. The van der Waals surface area contributed by atoms with Crippen molar-refractivity contribution < 1.29 is 9.53 Å². The molecule has 0 aliphatic heterocycles. The van der Waals surface area contributed by atoms with Crippen LogP contribution in [0.5, 0.6) is 0 Å². The summed E-state index contributed by atoms with van der Waals surface area (Å²) in [6, 6.07) is 0. The van der Waals surface area contributed by atoms with Gasteiger partial charge in [-0.1, -0.05) is 5.21 Å². The standard InChI is InChI=1S/C7H10N4O2/c1-3-13-5-8-7-6(4-12)11(2)10-9-7/h4-5H,3H2,1-2H3. The highest BCUT2D eigenvalue weighted by Gasteiger charge is 2.06. The first kappa shape index (κ1) is 9.37. The van der Waals surface area contributed by atoms with Gasteiger partial charge in [-0.25, -0.2) is 4.68 Å². The van der Waals surface area contributed by atoms with Crippen LogP contribution in [0.3, 0.4) is 0 Å². The molecule has 0 bridgehead atoms. The number of carbonyl (C=O) groups is 1. The zero-order valence-corrected chi connectivity index (χ0v) is 7.47. The summed E-state index contributed by atoms with van der Waals surface area (Å²) in [6.45, 7) is 2.36. The first-order valence-electron chi connectivity index (χ1n) is 3.78. The molecule has 1 rings (SSSR count). The summed E-state index contributed by atoms with van der Waals surface area (Å²) in [5.74, 6) is 0.269. The lowest BCUT2D eigenvalue weighted by molar-refractivity contribution is 0.111. The number of aryl methyl sites for hydroxylation is 1. The molecule has 1 aromatic rings. The lowest BCUT2D eigenvalue weighted by Gasteiger charge is -1.91. The van der Waals surface area contributed by atoms with Gasteiger partial charge in [-0.15, -0.1) is 5.10 Å². The van der Waals surface area contributed by atoms with Crippen LogP contribution in [0.2, 0.25) is 0 Å². The number of rotatable bonds is 4. The van der Waals surface area contributed by atoms with Crippen molar-refractivity contribution in [1.29, 1.82) is 0 Å². The van der Waals surface area contributed by atoms with E-state index in [-0.39, 0.29) is 5.82 Å². The zero-order valence-electron chi connectivity index (χ0n) is 7.47. The Bertz CT molecular complexity index is 318. The maximum atomic E-state index is 10.5. The number of aldehydes is 1. The summed E-state index contributed by atoms with van der Waals surface area (Å²) >= 11 is 0. The van der Waals surface area contributed by atoms with Crippen LogP contribution in [-0.4, -0.2) is 34.3 Å². The predicted molar refractivity (Wildman–Crippen MR) is 46.2 cm³/mol. The quantitative estimate of drug-likeness (QED) is 0.382. The van der Waals surface area contributed by atoms with E-state index >= 15 is 0 Å². The summed E-state index contributed by atoms with van der Waals surface area (Å²) < 4.78 is 6.21. The van der Waals surface area contributed by atoms with E-state index in [0.717, 1.165) is 0 Å². The molecule has 0 aliphatic rings. The lowest BCUT2D eigenvalue weighted by Crippen LogP contribution is -1.96. The predicted octanol–water partition coefficient (Wildman–Crippen LogP) is 0.324. The average Bonchev–Trinajstić information content (AvgIpc) is 2.47. The summed E-state index contributed by atoms with van der Waals surface area (Å²) in [5, 5.41) is 7.29. The highest BCUT2D eigenvalue weighted by atomic mass is 16.5. The van der Waals surface area contributed by atoms with Crippen LogP contribution in [0.25, 0.3) is 0 Å². The number of nitrogens with zero attached hydrogens (tertiary/aromatic N) is 4. The number of aliphatic imine (C=N–C) groups is 1. The Kier molecular flexibility index (Phi) is 3.13. The van der Waals surface area contributed by atoms with Crippen molar-refractivity contribution in [3.63, 3.8) is 0 Å². The van der Waals surface area contributed by atoms with E-state index in [2.05, 4.69) is 15.3 Å². The fourth-order valence-corrected chi connectivity index (χ4v) is 0.736. The molecule has 13 heavy (non-hydrogen) atoms. The molecule has 1 aromatic heterocycles. The Morgan fingerprint density at radius 3 is 3.08 bits per heavy atom. The molecular weight excluding hydrogens is 172 g/mol. The van der Waals surface area contributed by atoms with Crippen molar-refractivity contribution in [3.05, 3.63) is 5.69 Å². The van der Waals surface area contributed by atoms with Gasteiger partial charge in [-0.3, -0.25) is 4.79 Å². The molecule has 6 heteroatoms. The van der Waals surface area contributed by atoms with Crippen LogP contribution in [0.15, 0.2) is 4.99 Å². The van der Waals surface area contributed by atoms with Gasteiger partial charge in [0.25, 0.3) is 0 Å². The molecule has 0 unspecified atom stereocenters. The number of carbonyl (C=O) groups excluding carboxylic acids is 1. The molecule has 0 aromatic carbocycles. The van der Waals surface area contributed by atoms with E-state index in [9.17, 15) is 4.79 Å². The second-order valence-electron chi connectivity index (χ2n) is 2.23. The molecular formula is C7H10N4O2. The topological polar surface area (TPSA) is 69.4 Å². The second kappa shape index (κ2) is 4.34. The van der Waals surface area contributed by atoms with Gasteiger partial charge in [0.15, 0.2) is 12.7 Å². The molecule has 0 saturated heterocycles. The summed E-state index contributed by atoms with van der Waals surface area (Å²) in [7, 11) is 1.62. The fourth-order valence-electron chi connectivity index (χ4n) is 0.736. The van der Waals surface area contributed by atoms with E-state index in [0.29, 0.717) is 18.6 Å². The zero-order chi connectivity index (χ0) is 9.68. The van der Waals surface area contributed by atoms with Crippen LogP contribution in [0.4, 0.5) is 5.82 Å². The van der Waals surface area contributed by atoms with Gasteiger partial charge in [-0.05, 0) is 6.92 Å². The molecule has 0 saturated carbocycles. The van der Waals surface area contributed by atoms with Crippen molar-refractivity contribution in [2.24, 2.45) is 12.0 Å². The van der Waals surface area contributed by atoms with Crippen molar-refractivity contribution in [2.45, 2.75) is 6.92 Å². The van der Waals surface area contributed by atoms with E-state index < -0.39 is 0 Å². The molecule has 0 radical (unpaired) electrons. The fraction of sp³-hybridized carbons (Fsp3) is 0.429. The van der Waals surface area contributed by atoms with Crippen LogP contribution >= 0.6 is 0 Å². The lowest BCUT2D eigenvalue weighted by atomic mass is 10.5. The Morgan fingerprint density at radius 2 is 2.46 bits per heavy atom. The Balaban J connectivity index is 2.82. The number of ether oxygens (including phenoxy) is 1. The number of aromatic nitrogens is 3. The molecule has 70 valence electrons. The van der Waals surface area contributed by atoms with Gasteiger partial charge in [0.1, 0.15) is 5.69 Å². The molecule has 0 atom stereocenters. The van der Waals surface area contributed by atoms with E-state index in [4.69, 9.17) is 4.74 Å². The Labute approximate surface area is 75.2 Å². The van der Waals surface area contributed by atoms with Gasteiger partial charge in [0.2, 0.25) is 5.82 Å². The van der Waals surface area contributed by atoms with Crippen LogP contribution in [0.1, 0.15) is 17.4 Å². The average molecular weight is 182 g/mol. The van der Waals surface area contributed by atoms with E-state index in [1.807, 2.05) is 6.92 Å². The smallest absolute Gasteiger partial charge is 0.207 e. The molecule has 6 nitrogen and oxygen atoms in total. The number of hydrogen-bond acceptors (Lipinski definition) is 5. The minimum absolute atomic E-state index is 0.269. The first-order chi connectivity index (χ1) is 6.29. The number of hydrogen-bond donors (Lipinski definition) is 0. The van der Waals surface area contributed by atoms with Crippen LogP contribution in [-0.2, 0) is 11.8 Å². The van der Waals surface area contributed by atoms with Gasteiger partial charge in [0.05, 0.1) is 6.61 Å². The first-order valence-corrected chi connectivity index (χ1v) is 3.78. The van der Waals surface area contributed by atoms with Gasteiger partial charge >= 0.3 is 0 Å². The minimum Gasteiger partial charge on any atom is -0.483 e. The van der Waals surface area contributed by atoms with Gasteiger partial charge in [0, 0.05) is 7.05 Å². The molecule has 1 heterocycles. The van der Waals surface area contributed by atoms with Crippen molar-refractivity contribution in [1.82, 2.24) is 15.0 Å². The maximum Gasteiger partial charge on any atom is 0.207 e. The maximum absolute atomic E-state index is 10.5. The highest BCUT2D eigenvalue weighted by Crippen LogP contribution is 2.10. The molecule has 0 amide bonds. The minimum atomic E-state index is 0.269. The normalized spacial score (nSPS) is 10.6. The van der Waals surface area contributed by atoms with Crippen LogP contribution in [0, 0.1) is 0 Å². The largest absolute Gasteiger partial charge is 0.483 e. The van der Waals surface area contributed by atoms with Crippen molar-refractivity contribution in [2.75, 3.05) is 6.61 Å². The second-order valence-corrected chi connectivity index (χ2v) is 2.23. The third-order valence-electron chi connectivity index (χ3n) is 1.38. The third kappa shape index (κ3) is 2.11. The van der Waals surface area contributed by atoms with E-state index in [1.165, 1.54) is 11.1 Å². The monoisotopic (exact) mass is 182 g/mol.